The molecule has 7 heteroatoms. The van der Waals surface area contributed by atoms with Gasteiger partial charge < -0.3 is 9.90 Å². The average molecular weight is 415 g/mol. The van der Waals surface area contributed by atoms with Crippen molar-refractivity contribution in [1.82, 2.24) is 0 Å². The summed E-state index contributed by atoms with van der Waals surface area (Å²) in [6.45, 7) is 1.77. The molecule has 0 aliphatic carbocycles. The van der Waals surface area contributed by atoms with Crippen LogP contribution in [0.25, 0.3) is 0 Å². The number of benzene rings is 3. The van der Waals surface area contributed by atoms with E-state index in [-0.39, 0.29) is 17.0 Å². The predicted molar refractivity (Wildman–Crippen MR) is 107 cm³/mol. The van der Waals surface area contributed by atoms with E-state index in [2.05, 4.69) is 0 Å². The van der Waals surface area contributed by atoms with Gasteiger partial charge >= 0.3 is 0 Å². The first kappa shape index (κ1) is 19.9. The number of rotatable bonds is 6. The summed E-state index contributed by atoms with van der Waals surface area (Å²) in [5.74, 6) is -1.29. The van der Waals surface area contributed by atoms with E-state index in [9.17, 15) is 18.3 Å². The zero-order chi connectivity index (χ0) is 20.3. The third-order valence-electron chi connectivity index (χ3n) is 4.35. The fourth-order valence-corrected chi connectivity index (χ4v) is 4.50. The third kappa shape index (κ3) is 4.03. The molecule has 3 aromatic carbocycles. The van der Waals surface area contributed by atoms with E-state index in [4.69, 9.17) is 11.6 Å². The molecule has 0 amide bonds. The molecule has 144 valence electrons. The van der Waals surface area contributed by atoms with Gasteiger partial charge in [0.05, 0.1) is 23.1 Å². The molecular formula is C21H17ClNO4S-. The van der Waals surface area contributed by atoms with Crippen molar-refractivity contribution < 1.29 is 18.3 Å². The third-order valence-corrected chi connectivity index (χ3v) is 6.54. The Morgan fingerprint density at radius 2 is 1.61 bits per heavy atom. The summed E-state index contributed by atoms with van der Waals surface area (Å²) in [4.78, 5) is 11.1. The quantitative estimate of drug-likeness (QED) is 0.619. The molecule has 0 aliphatic rings. The van der Waals surface area contributed by atoms with Crippen molar-refractivity contribution in [3.63, 3.8) is 0 Å². The number of nitrogens with zero attached hydrogens (tertiary/aromatic N) is 1. The van der Waals surface area contributed by atoms with Gasteiger partial charge in [-0.1, -0.05) is 60.1 Å². The molecule has 0 radical (unpaired) electrons. The molecule has 0 heterocycles. The highest BCUT2D eigenvalue weighted by molar-refractivity contribution is 7.92. The highest BCUT2D eigenvalue weighted by Gasteiger charge is 2.26. The van der Waals surface area contributed by atoms with Crippen LogP contribution in [0.5, 0.6) is 0 Å². The maximum absolute atomic E-state index is 13.4. The Kier molecular flexibility index (Phi) is 5.72. The molecule has 0 unspecified atom stereocenters. The van der Waals surface area contributed by atoms with E-state index >= 15 is 0 Å². The summed E-state index contributed by atoms with van der Waals surface area (Å²) < 4.78 is 28.0. The van der Waals surface area contributed by atoms with E-state index in [1.165, 1.54) is 28.6 Å². The fraction of sp³-hybridized carbons (Fsp3) is 0.0952. The van der Waals surface area contributed by atoms with Crippen LogP contribution >= 0.6 is 11.6 Å². The largest absolute Gasteiger partial charge is 0.545 e. The molecule has 0 N–H and O–H groups in total. The minimum atomic E-state index is -3.87. The summed E-state index contributed by atoms with van der Waals surface area (Å²) in [5.41, 5.74) is 1.75. The van der Waals surface area contributed by atoms with Crippen LogP contribution in [0.2, 0.25) is 5.02 Å². The van der Waals surface area contributed by atoms with Gasteiger partial charge in [0.15, 0.2) is 0 Å². The molecule has 0 aliphatic heterocycles. The standard InChI is InChI=1S/C21H18ClNO4S/c1-15-19(22)8-5-9-20(15)23(28(26,27)18-6-3-2-4-7-18)14-16-10-12-17(13-11-16)21(24)25/h2-13H,14H2,1H3,(H,24,25)/p-1. The van der Waals surface area contributed by atoms with Crippen LogP contribution in [0, 0.1) is 6.92 Å². The van der Waals surface area contributed by atoms with E-state index in [0.29, 0.717) is 21.8 Å². The number of carboxylic acid groups (broad SMARTS) is 1. The van der Waals surface area contributed by atoms with Crippen molar-refractivity contribution in [2.24, 2.45) is 0 Å². The van der Waals surface area contributed by atoms with Gasteiger partial charge in [-0.25, -0.2) is 8.42 Å². The summed E-state index contributed by atoms with van der Waals surface area (Å²) in [6.07, 6.45) is 0. The first-order chi connectivity index (χ1) is 13.3. The van der Waals surface area contributed by atoms with Gasteiger partial charge in [-0.2, -0.15) is 0 Å². The maximum atomic E-state index is 13.4. The first-order valence-corrected chi connectivity index (χ1v) is 10.3. The lowest BCUT2D eigenvalue weighted by Gasteiger charge is -2.26. The second kappa shape index (κ2) is 8.04. The number of carboxylic acids is 1. The van der Waals surface area contributed by atoms with Crippen molar-refractivity contribution in [3.05, 3.63) is 94.5 Å². The Labute approximate surface area is 168 Å². The normalized spacial score (nSPS) is 11.2. The molecule has 28 heavy (non-hydrogen) atoms. The molecule has 0 fully saturated rings. The van der Waals surface area contributed by atoms with Crippen molar-refractivity contribution in [3.8, 4) is 0 Å². The van der Waals surface area contributed by atoms with E-state index in [1.807, 2.05) is 0 Å². The van der Waals surface area contributed by atoms with Gasteiger partial charge in [0.1, 0.15) is 0 Å². The Morgan fingerprint density at radius 1 is 0.964 bits per heavy atom. The number of halogens is 1. The molecule has 0 bridgehead atoms. The van der Waals surface area contributed by atoms with Gasteiger partial charge in [-0.15, -0.1) is 0 Å². The molecule has 0 aromatic heterocycles. The Balaban J connectivity index is 2.09. The van der Waals surface area contributed by atoms with Gasteiger partial charge in [0.2, 0.25) is 0 Å². The molecule has 3 aromatic rings. The number of carbonyl (C=O) groups excluding carboxylic acids is 1. The molecule has 0 saturated carbocycles. The van der Waals surface area contributed by atoms with Crippen molar-refractivity contribution >= 4 is 33.3 Å². The van der Waals surface area contributed by atoms with Crippen molar-refractivity contribution in [2.75, 3.05) is 4.31 Å². The monoisotopic (exact) mass is 414 g/mol. The van der Waals surface area contributed by atoms with Crippen LogP contribution in [0.4, 0.5) is 5.69 Å². The second-order valence-electron chi connectivity index (χ2n) is 6.19. The first-order valence-electron chi connectivity index (χ1n) is 8.44. The topological polar surface area (TPSA) is 77.5 Å². The molecule has 0 spiro atoms. The SMILES string of the molecule is Cc1c(Cl)cccc1N(Cc1ccc(C(=O)[O-])cc1)S(=O)(=O)c1ccccc1. The van der Waals surface area contributed by atoms with Crippen LogP contribution in [-0.2, 0) is 16.6 Å². The molecule has 5 nitrogen and oxygen atoms in total. The van der Waals surface area contributed by atoms with Crippen LogP contribution in [-0.4, -0.2) is 14.4 Å². The maximum Gasteiger partial charge on any atom is 0.264 e. The molecular weight excluding hydrogens is 398 g/mol. The summed E-state index contributed by atoms with van der Waals surface area (Å²) in [6, 6.07) is 19.1. The Morgan fingerprint density at radius 3 is 2.21 bits per heavy atom. The van der Waals surface area contributed by atoms with E-state index in [0.717, 1.165) is 0 Å². The summed E-state index contributed by atoms with van der Waals surface area (Å²) in [5, 5.41) is 11.4. The number of hydrogen-bond donors (Lipinski definition) is 0. The lowest BCUT2D eigenvalue weighted by molar-refractivity contribution is -0.255. The van der Waals surface area contributed by atoms with Crippen LogP contribution in [0.1, 0.15) is 21.5 Å². The van der Waals surface area contributed by atoms with E-state index in [1.54, 1.807) is 55.5 Å². The minimum absolute atomic E-state index is 0.0196. The highest BCUT2D eigenvalue weighted by Crippen LogP contribution is 2.32. The smallest absolute Gasteiger partial charge is 0.264 e. The van der Waals surface area contributed by atoms with E-state index < -0.39 is 16.0 Å². The van der Waals surface area contributed by atoms with Crippen molar-refractivity contribution in [1.29, 1.82) is 0 Å². The van der Waals surface area contributed by atoms with Crippen LogP contribution in [0.3, 0.4) is 0 Å². The lowest BCUT2D eigenvalue weighted by Crippen LogP contribution is -2.31. The highest BCUT2D eigenvalue weighted by atomic mass is 35.5. The zero-order valence-electron chi connectivity index (χ0n) is 15.0. The van der Waals surface area contributed by atoms with Crippen LogP contribution in [0.15, 0.2) is 77.7 Å². The van der Waals surface area contributed by atoms with Crippen LogP contribution < -0.4 is 9.41 Å². The lowest BCUT2D eigenvalue weighted by atomic mass is 10.1. The van der Waals surface area contributed by atoms with Crippen molar-refractivity contribution in [2.45, 2.75) is 18.4 Å². The number of carbonyl (C=O) groups is 1. The predicted octanol–water partition coefficient (Wildman–Crippen LogP) is 3.41. The number of hydrogen-bond acceptors (Lipinski definition) is 4. The molecule has 0 atom stereocenters. The zero-order valence-corrected chi connectivity index (χ0v) is 16.6. The molecule has 3 rings (SSSR count). The number of sulfonamides is 1. The number of aromatic carboxylic acids is 1. The van der Waals surface area contributed by atoms with Gasteiger partial charge in [-0.3, -0.25) is 4.31 Å². The Bertz CT molecular complexity index is 1100. The van der Waals surface area contributed by atoms with Gasteiger partial charge in [0.25, 0.3) is 10.0 Å². The number of anilines is 1. The minimum Gasteiger partial charge on any atom is -0.545 e. The average Bonchev–Trinajstić information content (AvgIpc) is 2.69. The van der Waals surface area contributed by atoms with Gasteiger partial charge in [-0.05, 0) is 47.9 Å². The second-order valence-corrected chi connectivity index (χ2v) is 8.46. The molecule has 0 saturated heterocycles. The van der Waals surface area contributed by atoms with Gasteiger partial charge in [0, 0.05) is 5.02 Å². The fourth-order valence-electron chi connectivity index (χ4n) is 2.80. The Hall–Kier alpha value is -2.83. The summed E-state index contributed by atoms with van der Waals surface area (Å²) in [7, 11) is -3.87. The summed E-state index contributed by atoms with van der Waals surface area (Å²) >= 11 is 6.22.